The molecule has 0 aliphatic carbocycles. The van der Waals surface area contributed by atoms with E-state index in [0.717, 1.165) is 11.6 Å². The predicted molar refractivity (Wildman–Crippen MR) is 64.8 cm³/mol. The number of nitriles is 1. The van der Waals surface area contributed by atoms with Gasteiger partial charge in [-0.05, 0) is 17.7 Å². The van der Waals surface area contributed by atoms with Crippen molar-refractivity contribution < 1.29 is 13.2 Å². The maximum atomic E-state index is 13.3. The van der Waals surface area contributed by atoms with E-state index in [9.17, 15) is 13.2 Å². The second-order valence-corrected chi connectivity index (χ2v) is 3.91. The molecule has 0 heterocycles. The predicted octanol–water partition coefficient (Wildman–Crippen LogP) is 3.59. The number of hydrogen-bond acceptors (Lipinski definition) is 2. The van der Waals surface area contributed by atoms with Gasteiger partial charge in [0.2, 0.25) is 0 Å². The highest BCUT2D eigenvalue weighted by atomic mass is 19.2. The van der Waals surface area contributed by atoms with Crippen molar-refractivity contribution >= 4 is 5.69 Å². The third-order valence-electron chi connectivity index (χ3n) is 2.58. The van der Waals surface area contributed by atoms with Crippen LogP contribution in [0.3, 0.4) is 0 Å². The molecule has 96 valence electrons. The molecule has 0 saturated heterocycles. The quantitative estimate of drug-likeness (QED) is 0.858. The van der Waals surface area contributed by atoms with Gasteiger partial charge in [-0.15, -0.1) is 0 Å². The largest absolute Gasteiger partial charge is 0.379 e. The molecular weight excluding hydrogens is 253 g/mol. The van der Waals surface area contributed by atoms with E-state index in [0.29, 0.717) is 11.6 Å². The first kappa shape index (κ1) is 13.0. The minimum Gasteiger partial charge on any atom is -0.379 e. The highest BCUT2D eigenvalue weighted by Gasteiger charge is 2.09. The monoisotopic (exact) mass is 262 g/mol. The molecule has 1 N–H and O–H groups in total. The van der Waals surface area contributed by atoms with Crippen molar-refractivity contribution in [2.24, 2.45) is 0 Å². The van der Waals surface area contributed by atoms with E-state index in [2.05, 4.69) is 5.32 Å². The van der Waals surface area contributed by atoms with Crippen LogP contribution in [0.5, 0.6) is 0 Å². The molecule has 0 aliphatic heterocycles. The van der Waals surface area contributed by atoms with E-state index in [-0.39, 0.29) is 12.2 Å². The summed E-state index contributed by atoms with van der Waals surface area (Å²) in [7, 11) is 0. The third-order valence-corrected chi connectivity index (χ3v) is 2.58. The van der Waals surface area contributed by atoms with Crippen LogP contribution in [0.4, 0.5) is 18.9 Å². The minimum atomic E-state index is -1.22. The molecule has 0 amide bonds. The summed E-state index contributed by atoms with van der Waals surface area (Å²) < 4.78 is 39.0. The molecule has 5 heteroatoms. The standard InChI is InChI=1S/C14H9F3N2/c15-11-5-13(17)14(6-12(11)16)19-8-10-3-1-9(7-18)2-4-10/h1-6,19H,8H2. The van der Waals surface area contributed by atoms with Crippen molar-refractivity contribution in [1.82, 2.24) is 0 Å². The average molecular weight is 262 g/mol. The summed E-state index contributed by atoms with van der Waals surface area (Å²) in [6.07, 6.45) is 0. The molecule has 0 fully saturated rings. The second-order valence-electron chi connectivity index (χ2n) is 3.91. The molecule has 0 spiro atoms. The number of anilines is 1. The van der Waals surface area contributed by atoms with Gasteiger partial charge in [-0.25, -0.2) is 13.2 Å². The smallest absolute Gasteiger partial charge is 0.161 e. The Bertz CT molecular complexity index is 630. The lowest BCUT2D eigenvalue weighted by Crippen LogP contribution is -2.03. The van der Waals surface area contributed by atoms with Gasteiger partial charge in [0.1, 0.15) is 5.82 Å². The van der Waals surface area contributed by atoms with E-state index in [4.69, 9.17) is 5.26 Å². The van der Waals surface area contributed by atoms with Gasteiger partial charge < -0.3 is 5.32 Å². The summed E-state index contributed by atoms with van der Waals surface area (Å²) in [6.45, 7) is 0.244. The van der Waals surface area contributed by atoms with Crippen LogP contribution in [0, 0.1) is 28.8 Å². The van der Waals surface area contributed by atoms with Gasteiger partial charge in [0, 0.05) is 18.7 Å². The van der Waals surface area contributed by atoms with Gasteiger partial charge >= 0.3 is 0 Å². The molecule has 19 heavy (non-hydrogen) atoms. The summed E-state index contributed by atoms with van der Waals surface area (Å²) in [5.41, 5.74) is 1.20. The minimum absolute atomic E-state index is 0.108. The highest BCUT2D eigenvalue weighted by molar-refractivity contribution is 5.46. The van der Waals surface area contributed by atoms with Crippen LogP contribution >= 0.6 is 0 Å². The Kier molecular flexibility index (Phi) is 3.71. The lowest BCUT2D eigenvalue weighted by Gasteiger charge is -2.08. The lowest BCUT2D eigenvalue weighted by atomic mass is 10.1. The molecule has 2 aromatic rings. The van der Waals surface area contributed by atoms with Gasteiger partial charge in [-0.3, -0.25) is 0 Å². The van der Waals surface area contributed by atoms with Gasteiger partial charge in [-0.2, -0.15) is 5.26 Å². The average Bonchev–Trinajstić information content (AvgIpc) is 2.42. The van der Waals surface area contributed by atoms with Crippen molar-refractivity contribution in [3.8, 4) is 6.07 Å². The van der Waals surface area contributed by atoms with Crippen LogP contribution < -0.4 is 5.32 Å². The molecule has 2 rings (SSSR count). The fraction of sp³-hybridized carbons (Fsp3) is 0.0714. The van der Waals surface area contributed by atoms with Crippen molar-refractivity contribution in [3.63, 3.8) is 0 Å². The topological polar surface area (TPSA) is 35.8 Å². The number of rotatable bonds is 3. The number of nitrogens with one attached hydrogen (secondary N) is 1. The maximum Gasteiger partial charge on any atom is 0.161 e. The SMILES string of the molecule is N#Cc1ccc(CNc2cc(F)c(F)cc2F)cc1. The van der Waals surface area contributed by atoms with Gasteiger partial charge in [0.05, 0.1) is 17.3 Å². The van der Waals surface area contributed by atoms with E-state index >= 15 is 0 Å². The Balaban J connectivity index is 2.10. The van der Waals surface area contributed by atoms with Crippen molar-refractivity contribution in [2.75, 3.05) is 5.32 Å². The fourth-order valence-electron chi connectivity index (χ4n) is 1.55. The van der Waals surface area contributed by atoms with Gasteiger partial charge in [0.25, 0.3) is 0 Å². The van der Waals surface area contributed by atoms with Crippen LogP contribution in [-0.2, 0) is 6.54 Å². The van der Waals surface area contributed by atoms with E-state index < -0.39 is 17.5 Å². The number of hydrogen-bond donors (Lipinski definition) is 1. The molecule has 0 unspecified atom stereocenters. The van der Waals surface area contributed by atoms with Crippen LogP contribution in [0.2, 0.25) is 0 Å². The van der Waals surface area contributed by atoms with Crippen molar-refractivity contribution in [3.05, 3.63) is 65.0 Å². The lowest BCUT2D eigenvalue weighted by molar-refractivity contribution is 0.496. The molecular formula is C14H9F3N2. The van der Waals surface area contributed by atoms with Gasteiger partial charge in [-0.1, -0.05) is 12.1 Å². The molecule has 0 bridgehead atoms. The first-order valence-corrected chi connectivity index (χ1v) is 5.47. The molecule has 0 aromatic heterocycles. The highest BCUT2D eigenvalue weighted by Crippen LogP contribution is 2.19. The molecule has 0 aliphatic rings. The second kappa shape index (κ2) is 5.44. The van der Waals surface area contributed by atoms with Crippen LogP contribution in [0.15, 0.2) is 36.4 Å². The van der Waals surface area contributed by atoms with Crippen molar-refractivity contribution in [2.45, 2.75) is 6.54 Å². The van der Waals surface area contributed by atoms with Crippen LogP contribution in [0.25, 0.3) is 0 Å². The summed E-state index contributed by atoms with van der Waals surface area (Å²) in [5, 5.41) is 11.3. The summed E-state index contributed by atoms with van der Waals surface area (Å²) in [5.74, 6) is -3.18. The van der Waals surface area contributed by atoms with E-state index in [1.165, 1.54) is 0 Å². The first-order valence-electron chi connectivity index (χ1n) is 5.47. The summed E-state index contributed by atoms with van der Waals surface area (Å²) in [4.78, 5) is 0. The Morgan fingerprint density at radius 1 is 0.947 bits per heavy atom. The molecule has 0 atom stereocenters. The summed E-state index contributed by atoms with van der Waals surface area (Å²) in [6, 6.07) is 9.89. The maximum absolute atomic E-state index is 13.3. The molecule has 2 nitrogen and oxygen atoms in total. The number of nitrogens with zero attached hydrogens (tertiary/aromatic N) is 1. The zero-order valence-corrected chi connectivity index (χ0v) is 9.75. The fourth-order valence-corrected chi connectivity index (χ4v) is 1.55. The summed E-state index contributed by atoms with van der Waals surface area (Å²) >= 11 is 0. The van der Waals surface area contributed by atoms with Crippen LogP contribution in [-0.4, -0.2) is 0 Å². The number of halogens is 3. The first-order chi connectivity index (χ1) is 9.10. The molecule has 0 saturated carbocycles. The Hall–Kier alpha value is -2.48. The Labute approximate surface area is 108 Å². The Morgan fingerprint density at radius 3 is 2.21 bits per heavy atom. The van der Waals surface area contributed by atoms with E-state index in [1.54, 1.807) is 24.3 Å². The Morgan fingerprint density at radius 2 is 1.58 bits per heavy atom. The van der Waals surface area contributed by atoms with Gasteiger partial charge in [0.15, 0.2) is 11.6 Å². The molecule has 0 radical (unpaired) electrons. The molecule has 2 aromatic carbocycles. The zero-order chi connectivity index (χ0) is 13.8. The number of benzene rings is 2. The zero-order valence-electron chi connectivity index (χ0n) is 9.75. The third kappa shape index (κ3) is 3.05. The normalized spacial score (nSPS) is 10.0. The van der Waals surface area contributed by atoms with E-state index in [1.807, 2.05) is 6.07 Å². The van der Waals surface area contributed by atoms with Crippen LogP contribution in [0.1, 0.15) is 11.1 Å². The van der Waals surface area contributed by atoms with Crippen molar-refractivity contribution in [1.29, 1.82) is 5.26 Å².